The predicted octanol–water partition coefficient (Wildman–Crippen LogP) is 3.83. The Bertz CT molecular complexity index is 615. The second kappa shape index (κ2) is 5.38. The van der Waals surface area contributed by atoms with Crippen LogP contribution in [0.15, 0.2) is 53.4 Å². The summed E-state index contributed by atoms with van der Waals surface area (Å²) >= 11 is 1.89. The van der Waals surface area contributed by atoms with Crippen molar-refractivity contribution in [1.29, 1.82) is 5.26 Å². The lowest BCUT2D eigenvalue weighted by Crippen LogP contribution is -2.09. The molecule has 0 saturated carbocycles. The van der Waals surface area contributed by atoms with E-state index >= 15 is 0 Å². The number of benzene rings is 2. The molecule has 0 N–H and O–H groups in total. The number of hydrogen-bond donors (Lipinski definition) is 0. The number of fused-ring (bicyclic) bond motifs is 1. The molecule has 1 unspecified atom stereocenters. The van der Waals surface area contributed by atoms with Gasteiger partial charge in [0.1, 0.15) is 5.75 Å². The zero-order valence-electron chi connectivity index (χ0n) is 10.4. The maximum absolute atomic E-state index is 8.75. The van der Waals surface area contributed by atoms with E-state index in [9.17, 15) is 0 Å². The Morgan fingerprint density at radius 3 is 2.74 bits per heavy atom. The molecule has 0 aliphatic carbocycles. The van der Waals surface area contributed by atoms with E-state index in [-0.39, 0.29) is 0 Å². The summed E-state index contributed by atoms with van der Waals surface area (Å²) < 4.78 is 5.82. The van der Waals surface area contributed by atoms with Crippen LogP contribution in [-0.4, -0.2) is 12.4 Å². The highest BCUT2D eigenvalue weighted by Crippen LogP contribution is 2.39. The molecule has 0 radical (unpaired) electrons. The Hall–Kier alpha value is -1.92. The van der Waals surface area contributed by atoms with E-state index in [0.29, 0.717) is 18.1 Å². The van der Waals surface area contributed by atoms with Crippen molar-refractivity contribution >= 4 is 11.8 Å². The van der Waals surface area contributed by atoms with E-state index in [0.717, 1.165) is 11.5 Å². The SMILES string of the molecule is N#Cc1ccc(OCC2CSc3ccccc32)cc1. The molecule has 1 aliphatic rings. The Kier molecular flexibility index (Phi) is 3.43. The highest BCUT2D eigenvalue weighted by Gasteiger charge is 2.23. The van der Waals surface area contributed by atoms with Crippen LogP contribution in [0, 0.1) is 11.3 Å². The first kappa shape index (κ1) is 12.1. The molecule has 0 fully saturated rings. The minimum absolute atomic E-state index is 0.455. The van der Waals surface area contributed by atoms with Crippen molar-refractivity contribution in [3.63, 3.8) is 0 Å². The Balaban J connectivity index is 1.66. The van der Waals surface area contributed by atoms with Crippen molar-refractivity contribution in [3.8, 4) is 11.8 Å². The molecule has 1 aliphatic heterocycles. The molecule has 0 aromatic heterocycles. The Morgan fingerprint density at radius 2 is 1.95 bits per heavy atom. The van der Waals surface area contributed by atoms with Crippen molar-refractivity contribution in [1.82, 2.24) is 0 Å². The number of thioether (sulfide) groups is 1. The van der Waals surface area contributed by atoms with Gasteiger partial charge in [-0.3, -0.25) is 0 Å². The summed E-state index contributed by atoms with van der Waals surface area (Å²) in [6, 6.07) is 17.9. The largest absolute Gasteiger partial charge is 0.493 e. The van der Waals surface area contributed by atoms with E-state index in [4.69, 9.17) is 10.00 Å². The van der Waals surface area contributed by atoms with Gasteiger partial charge in [0, 0.05) is 16.6 Å². The minimum atomic E-state index is 0.455. The first-order chi connectivity index (χ1) is 9.36. The maximum Gasteiger partial charge on any atom is 0.119 e. The van der Waals surface area contributed by atoms with Gasteiger partial charge in [0.25, 0.3) is 0 Å². The van der Waals surface area contributed by atoms with Gasteiger partial charge in [-0.15, -0.1) is 11.8 Å². The topological polar surface area (TPSA) is 33.0 Å². The maximum atomic E-state index is 8.75. The number of nitrogens with zero attached hydrogens (tertiary/aromatic N) is 1. The molecule has 2 aromatic carbocycles. The third-order valence-electron chi connectivity index (χ3n) is 3.23. The van der Waals surface area contributed by atoms with Crippen LogP contribution >= 0.6 is 11.8 Å². The summed E-state index contributed by atoms with van der Waals surface area (Å²) in [6.07, 6.45) is 0. The molecule has 1 atom stereocenters. The number of hydrogen-bond acceptors (Lipinski definition) is 3. The average Bonchev–Trinajstić information content (AvgIpc) is 2.89. The summed E-state index contributed by atoms with van der Waals surface area (Å²) in [6.45, 7) is 0.690. The molecule has 0 bridgehead atoms. The van der Waals surface area contributed by atoms with Crippen molar-refractivity contribution in [2.75, 3.05) is 12.4 Å². The summed E-state index contributed by atoms with van der Waals surface area (Å²) in [7, 11) is 0. The van der Waals surface area contributed by atoms with Gasteiger partial charge >= 0.3 is 0 Å². The van der Waals surface area contributed by atoms with Crippen molar-refractivity contribution in [3.05, 3.63) is 59.7 Å². The summed E-state index contributed by atoms with van der Waals surface area (Å²) in [4.78, 5) is 1.37. The monoisotopic (exact) mass is 267 g/mol. The van der Waals surface area contributed by atoms with Crippen LogP contribution in [0.2, 0.25) is 0 Å². The fourth-order valence-corrected chi connectivity index (χ4v) is 3.42. The van der Waals surface area contributed by atoms with Crippen LogP contribution in [-0.2, 0) is 0 Å². The standard InChI is InChI=1S/C16H13NOS/c17-9-12-5-7-14(8-6-12)18-10-13-11-19-16-4-2-1-3-15(13)16/h1-8,13H,10-11H2. The molecule has 0 saturated heterocycles. The molecular weight excluding hydrogens is 254 g/mol. The molecule has 2 nitrogen and oxygen atoms in total. The lowest BCUT2D eigenvalue weighted by Gasteiger charge is -2.12. The fourth-order valence-electron chi connectivity index (χ4n) is 2.19. The van der Waals surface area contributed by atoms with Gasteiger partial charge in [0.2, 0.25) is 0 Å². The van der Waals surface area contributed by atoms with Crippen molar-refractivity contribution in [2.45, 2.75) is 10.8 Å². The smallest absolute Gasteiger partial charge is 0.119 e. The van der Waals surface area contributed by atoms with Crippen LogP contribution in [0.25, 0.3) is 0 Å². The van der Waals surface area contributed by atoms with E-state index in [1.807, 2.05) is 23.9 Å². The first-order valence-corrected chi connectivity index (χ1v) is 7.20. The first-order valence-electron chi connectivity index (χ1n) is 6.21. The molecule has 19 heavy (non-hydrogen) atoms. The predicted molar refractivity (Wildman–Crippen MR) is 76.6 cm³/mol. The second-order valence-electron chi connectivity index (χ2n) is 4.49. The van der Waals surface area contributed by atoms with E-state index < -0.39 is 0 Å². The molecule has 1 heterocycles. The molecular formula is C16H13NOS. The fraction of sp³-hybridized carbons (Fsp3) is 0.188. The van der Waals surface area contributed by atoms with Gasteiger partial charge in [-0.05, 0) is 35.9 Å². The zero-order chi connectivity index (χ0) is 13.1. The van der Waals surface area contributed by atoms with Gasteiger partial charge < -0.3 is 4.74 Å². The number of nitriles is 1. The highest BCUT2D eigenvalue weighted by molar-refractivity contribution is 7.99. The summed E-state index contributed by atoms with van der Waals surface area (Å²) in [5, 5.41) is 8.75. The molecule has 0 spiro atoms. The van der Waals surface area contributed by atoms with Gasteiger partial charge in [-0.25, -0.2) is 0 Å². The molecule has 3 heteroatoms. The number of ether oxygens (including phenoxy) is 1. The highest BCUT2D eigenvalue weighted by atomic mass is 32.2. The van der Waals surface area contributed by atoms with Crippen molar-refractivity contribution in [2.24, 2.45) is 0 Å². The average molecular weight is 267 g/mol. The van der Waals surface area contributed by atoms with Crippen LogP contribution in [0.1, 0.15) is 17.0 Å². The van der Waals surface area contributed by atoms with Gasteiger partial charge in [0.15, 0.2) is 0 Å². The van der Waals surface area contributed by atoms with Crippen LogP contribution in [0.5, 0.6) is 5.75 Å². The van der Waals surface area contributed by atoms with Gasteiger partial charge in [-0.1, -0.05) is 18.2 Å². The second-order valence-corrected chi connectivity index (χ2v) is 5.55. The number of rotatable bonds is 3. The Morgan fingerprint density at radius 1 is 1.16 bits per heavy atom. The van der Waals surface area contributed by atoms with E-state index in [1.165, 1.54) is 10.5 Å². The van der Waals surface area contributed by atoms with Crippen LogP contribution in [0.4, 0.5) is 0 Å². The summed E-state index contributed by atoms with van der Waals surface area (Å²) in [5.41, 5.74) is 2.05. The van der Waals surface area contributed by atoms with Crippen molar-refractivity contribution < 1.29 is 4.74 Å². The Labute approximate surface area is 117 Å². The van der Waals surface area contributed by atoms with E-state index in [1.54, 1.807) is 12.1 Å². The van der Waals surface area contributed by atoms with Crippen LogP contribution in [0.3, 0.4) is 0 Å². The lowest BCUT2D eigenvalue weighted by molar-refractivity contribution is 0.298. The molecule has 2 aromatic rings. The zero-order valence-corrected chi connectivity index (χ0v) is 11.2. The third kappa shape index (κ3) is 2.59. The minimum Gasteiger partial charge on any atom is -0.493 e. The van der Waals surface area contributed by atoms with Gasteiger partial charge in [0.05, 0.1) is 18.2 Å². The van der Waals surface area contributed by atoms with Crippen LogP contribution < -0.4 is 4.74 Å². The molecule has 3 rings (SSSR count). The van der Waals surface area contributed by atoms with Gasteiger partial charge in [-0.2, -0.15) is 5.26 Å². The summed E-state index contributed by atoms with van der Waals surface area (Å²) in [5.74, 6) is 2.36. The molecule has 0 amide bonds. The lowest BCUT2D eigenvalue weighted by atomic mass is 10.0. The molecule has 94 valence electrons. The third-order valence-corrected chi connectivity index (χ3v) is 4.49. The normalized spacial score (nSPS) is 16.7. The van der Waals surface area contributed by atoms with E-state index in [2.05, 4.69) is 30.3 Å². The quantitative estimate of drug-likeness (QED) is 0.847.